The summed E-state index contributed by atoms with van der Waals surface area (Å²) in [6, 6.07) is 0.616. The van der Waals surface area contributed by atoms with Crippen LogP contribution in [-0.2, 0) is 9.84 Å². The highest BCUT2D eigenvalue weighted by Gasteiger charge is 2.20. The highest BCUT2D eigenvalue weighted by Crippen LogP contribution is 2.14. The number of hydrogen-bond donors (Lipinski definition) is 1. The molecule has 5 heteroatoms. The van der Waals surface area contributed by atoms with Crippen LogP contribution in [0.1, 0.15) is 33.1 Å². The van der Waals surface area contributed by atoms with E-state index in [1.807, 2.05) is 6.92 Å². The van der Waals surface area contributed by atoms with E-state index in [1.165, 1.54) is 19.3 Å². The van der Waals surface area contributed by atoms with Crippen LogP contribution in [0.15, 0.2) is 0 Å². The number of piperidine rings is 1. The van der Waals surface area contributed by atoms with E-state index in [-0.39, 0.29) is 17.5 Å². The van der Waals surface area contributed by atoms with Crippen molar-refractivity contribution in [3.63, 3.8) is 0 Å². The van der Waals surface area contributed by atoms with E-state index in [0.717, 1.165) is 13.1 Å². The fourth-order valence-corrected chi connectivity index (χ4v) is 3.41. The van der Waals surface area contributed by atoms with Gasteiger partial charge in [0.1, 0.15) is 0 Å². The third kappa shape index (κ3) is 5.36. The van der Waals surface area contributed by atoms with Crippen LogP contribution in [0, 0.1) is 0 Å². The molecule has 0 aromatic heterocycles. The van der Waals surface area contributed by atoms with Gasteiger partial charge >= 0.3 is 0 Å². The zero-order chi connectivity index (χ0) is 12.9. The first-order valence-corrected chi connectivity index (χ1v) is 8.41. The Morgan fingerprint density at radius 1 is 1.41 bits per heavy atom. The summed E-state index contributed by atoms with van der Waals surface area (Å²) >= 11 is 0. The molecule has 1 fully saturated rings. The first-order valence-electron chi connectivity index (χ1n) is 6.58. The van der Waals surface area contributed by atoms with Gasteiger partial charge in [0.05, 0.1) is 5.75 Å². The van der Waals surface area contributed by atoms with Gasteiger partial charge in [-0.25, -0.2) is 8.42 Å². The second kappa shape index (κ2) is 6.71. The summed E-state index contributed by atoms with van der Waals surface area (Å²) in [5.74, 6) is 0.488. The molecule has 0 bridgehead atoms. The SMILES string of the molecule is CCS(=O)(=O)CC(C)NCC1CCCCN1C. The van der Waals surface area contributed by atoms with E-state index in [4.69, 9.17) is 0 Å². The molecular weight excluding hydrogens is 236 g/mol. The summed E-state index contributed by atoms with van der Waals surface area (Å²) < 4.78 is 22.9. The summed E-state index contributed by atoms with van der Waals surface area (Å²) in [4.78, 5) is 2.37. The lowest BCUT2D eigenvalue weighted by Crippen LogP contribution is -2.46. The Hall–Kier alpha value is -0.130. The van der Waals surface area contributed by atoms with E-state index in [9.17, 15) is 8.42 Å². The van der Waals surface area contributed by atoms with Crippen molar-refractivity contribution in [3.05, 3.63) is 0 Å². The first kappa shape index (κ1) is 14.9. The maximum atomic E-state index is 11.5. The lowest BCUT2D eigenvalue weighted by Gasteiger charge is -2.33. The number of likely N-dealkylation sites (N-methyl/N-ethyl adjacent to an activating group) is 1. The molecule has 0 amide bonds. The fraction of sp³-hybridized carbons (Fsp3) is 1.00. The number of hydrogen-bond acceptors (Lipinski definition) is 4. The molecule has 2 unspecified atom stereocenters. The van der Waals surface area contributed by atoms with Crippen molar-refractivity contribution in [1.29, 1.82) is 0 Å². The van der Waals surface area contributed by atoms with Gasteiger partial charge in [-0.2, -0.15) is 0 Å². The van der Waals surface area contributed by atoms with Crippen molar-refractivity contribution in [3.8, 4) is 0 Å². The van der Waals surface area contributed by atoms with Crippen molar-refractivity contribution >= 4 is 9.84 Å². The Morgan fingerprint density at radius 3 is 2.71 bits per heavy atom. The molecular formula is C12H26N2O2S. The predicted octanol–water partition coefficient (Wildman–Crippen LogP) is 0.884. The van der Waals surface area contributed by atoms with E-state index in [0.29, 0.717) is 6.04 Å². The van der Waals surface area contributed by atoms with E-state index >= 15 is 0 Å². The summed E-state index contributed by atoms with van der Waals surface area (Å²) in [5.41, 5.74) is 0. The molecule has 1 heterocycles. The minimum Gasteiger partial charge on any atom is -0.312 e. The molecule has 1 aliphatic rings. The molecule has 1 N–H and O–H groups in total. The van der Waals surface area contributed by atoms with Crippen molar-refractivity contribution in [2.75, 3.05) is 31.6 Å². The van der Waals surface area contributed by atoms with Crippen molar-refractivity contribution in [1.82, 2.24) is 10.2 Å². The zero-order valence-electron chi connectivity index (χ0n) is 11.3. The molecule has 4 nitrogen and oxygen atoms in total. The Kier molecular flexibility index (Phi) is 5.89. The largest absolute Gasteiger partial charge is 0.312 e. The topological polar surface area (TPSA) is 49.4 Å². The molecule has 1 aliphatic heterocycles. The molecule has 0 aromatic carbocycles. The molecule has 0 aromatic rings. The summed E-state index contributed by atoms with van der Waals surface area (Å²) in [6.07, 6.45) is 3.79. The second-order valence-corrected chi connectivity index (χ2v) is 7.54. The van der Waals surface area contributed by atoms with Gasteiger partial charge in [-0.15, -0.1) is 0 Å². The monoisotopic (exact) mass is 262 g/mol. The number of sulfone groups is 1. The van der Waals surface area contributed by atoms with Gasteiger partial charge in [-0.05, 0) is 33.4 Å². The van der Waals surface area contributed by atoms with Crippen LogP contribution >= 0.6 is 0 Å². The van der Waals surface area contributed by atoms with Crippen LogP contribution in [0.2, 0.25) is 0 Å². The van der Waals surface area contributed by atoms with Crippen LogP contribution in [0.3, 0.4) is 0 Å². The second-order valence-electron chi connectivity index (χ2n) is 5.14. The van der Waals surface area contributed by atoms with Gasteiger partial charge in [0, 0.05) is 24.4 Å². The molecule has 0 saturated carbocycles. The van der Waals surface area contributed by atoms with Gasteiger partial charge in [0.25, 0.3) is 0 Å². The minimum atomic E-state index is -2.86. The molecule has 17 heavy (non-hydrogen) atoms. The Morgan fingerprint density at radius 2 is 2.12 bits per heavy atom. The van der Waals surface area contributed by atoms with E-state index in [2.05, 4.69) is 17.3 Å². The van der Waals surface area contributed by atoms with Crippen molar-refractivity contribution in [2.45, 2.75) is 45.2 Å². The quantitative estimate of drug-likeness (QED) is 0.772. The van der Waals surface area contributed by atoms with Crippen LogP contribution in [-0.4, -0.2) is 57.0 Å². The number of rotatable bonds is 6. The lowest BCUT2D eigenvalue weighted by atomic mass is 10.0. The van der Waals surface area contributed by atoms with Crippen LogP contribution in [0.4, 0.5) is 0 Å². The van der Waals surface area contributed by atoms with Gasteiger partial charge in [-0.3, -0.25) is 0 Å². The average molecular weight is 262 g/mol. The van der Waals surface area contributed by atoms with E-state index in [1.54, 1.807) is 6.92 Å². The average Bonchev–Trinajstić information content (AvgIpc) is 2.27. The number of nitrogens with one attached hydrogen (secondary N) is 1. The standard InChI is InChI=1S/C12H26N2O2S/c1-4-17(15,16)10-11(2)13-9-12-7-5-6-8-14(12)3/h11-13H,4-10H2,1-3H3. The summed E-state index contributed by atoms with van der Waals surface area (Å²) in [6.45, 7) is 5.72. The first-order chi connectivity index (χ1) is 7.94. The third-order valence-corrected chi connectivity index (χ3v) is 5.45. The number of nitrogens with zero attached hydrogens (tertiary/aromatic N) is 1. The molecule has 0 radical (unpaired) electrons. The molecule has 0 aliphatic carbocycles. The Labute approximate surface area is 106 Å². The minimum absolute atomic E-state index is 0.0512. The lowest BCUT2D eigenvalue weighted by molar-refractivity contribution is 0.179. The third-order valence-electron chi connectivity index (χ3n) is 3.57. The maximum Gasteiger partial charge on any atom is 0.151 e. The fourth-order valence-electron chi connectivity index (χ4n) is 2.30. The van der Waals surface area contributed by atoms with Gasteiger partial charge in [0.2, 0.25) is 0 Å². The Balaban J connectivity index is 2.30. The van der Waals surface area contributed by atoms with Gasteiger partial charge < -0.3 is 10.2 Å². The van der Waals surface area contributed by atoms with Crippen LogP contribution < -0.4 is 5.32 Å². The summed E-state index contributed by atoms with van der Waals surface area (Å²) in [5, 5.41) is 3.35. The van der Waals surface area contributed by atoms with Crippen LogP contribution in [0.25, 0.3) is 0 Å². The maximum absolute atomic E-state index is 11.5. The number of likely N-dealkylation sites (tertiary alicyclic amines) is 1. The molecule has 1 saturated heterocycles. The highest BCUT2D eigenvalue weighted by atomic mass is 32.2. The molecule has 2 atom stereocenters. The molecule has 0 spiro atoms. The predicted molar refractivity (Wildman–Crippen MR) is 72.1 cm³/mol. The van der Waals surface area contributed by atoms with Gasteiger partial charge in [-0.1, -0.05) is 13.3 Å². The van der Waals surface area contributed by atoms with Crippen LogP contribution in [0.5, 0.6) is 0 Å². The summed E-state index contributed by atoms with van der Waals surface area (Å²) in [7, 11) is -0.710. The highest BCUT2D eigenvalue weighted by molar-refractivity contribution is 7.91. The normalized spacial score (nSPS) is 24.8. The zero-order valence-corrected chi connectivity index (χ0v) is 12.1. The Bertz CT molecular complexity index is 316. The van der Waals surface area contributed by atoms with Crippen molar-refractivity contribution < 1.29 is 8.42 Å². The van der Waals surface area contributed by atoms with E-state index < -0.39 is 9.84 Å². The smallest absolute Gasteiger partial charge is 0.151 e. The molecule has 1 rings (SSSR count). The molecule has 102 valence electrons. The van der Waals surface area contributed by atoms with Gasteiger partial charge in [0.15, 0.2) is 9.84 Å². The van der Waals surface area contributed by atoms with Crippen molar-refractivity contribution in [2.24, 2.45) is 0 Å².